The van der Waals surface area contributed by atoms with E-state index in [1.807, 2.05) is 6.92 Å². The van der Waals surface area contributed by atoms with Crippen LogP contribution in [0.5, 0.6) is 0 Å². The number of hydrogen-bond donors (Lipinski definition) is 1. The van der Waals surface area contributed by atoms with Crippen LogP contribution in [-0.2, 0) is 10.0 Å². The summed E-state index contributed by atoms with van der Waals surface area (Å²) in [5, 5.41) is 3.96. The molecule has 1 aromatic heterocycles. The molecule has 0 aliphatic rings. The first kappa shape index (κ1) is 15.2. The van der Waals surface area contributed by atoms with Crippen LogP contribution in [0.1, 0.15) is 12.0 Å². The second-order valence-electron chi connectivity index (χ2n) is 4.49. The predicted molar refractivity (Wildman–Crippen MR) is 80.3 cm³/mol. The van der Waals surface area contributed by atoms with E-state index in [0.29, 0.717) is 17.3 Å². The highest BCUT2D eigenvalue weighted by atomic mass is 32.2. The molecule has 1 heterocycles. The second-order valence-corrected chi connectivity index (χ2v) is 6.22. The Morgan fingerprint density at radius 1 is 1.38 bits per heavy atom. The Morgan fingerprint density at radius 3 is 2.95 bits per heavy atom. The van der Waals surface area contributed by atoms with Crippen LogP contribution in [0.4, 0.5) is 0 Å². The molecule has 0 unspecified atom stereocenters. The normalized spacial score (nSPS) is 11.3. The van der Waals surface area contributed by atoms with Gasteiger partial charge >= 0.3 is 0 Å². The molecule has 0 bridgehead atoms. The van der Waals surface area contributed by atoms with Gasteiger partial charge in [-0.05, 0) is 42.6 Å². The number of azide groups is 1. The lowest BCUT2D eigenvalue weighted by molar-refractivity contribution is 0.580. The van der Waals surface area contributed by atoms with Gasteiger partial charge in [0, 0.05) is 29.6 Å². The van der Waals surface area contributed by atoms with Crippen LogP contribution < -0.4 is 4.72 Å². The zero-order valence-electron chi connectivity index (χ0n) is 11.5. The number of benzene rings is 1. The number of nitrogens with one attached hydrogen (secondary N) is 1. The zero-order chi connectivity index (χ0) is 15.3. The van der Waals surface area contributed by atoms with Crippen molar-refractivity contribution in [3.8, 4) is 0 Å². The lowest BCUT2D eigenvalue weighted by Gasteiger charge is -2.10. The third-order valence-corrected chi connectivity index (χ3v) is 4.53. The van der Waals surface area contributed by atoms with E-state index in [0.717, 1.165) is 5.56 Å². The summed E-state index contributed by atoms with van der Waals surface area (Å²) >= 11 is 0. The molecule has 0 fully saturated rings. The molecule has 0 saturated carbocycles. The van der Waals surface area contributed by atoms with Crippen LogP contribution in [0.25, 0.3) is 21.3 Å². The van der Waals surface area contributed by atoms with E-state index in [-0.39, 0.29) is 18.0 Å². The average Bonchev–Trinajstić information content (AvgIpc) is 2.47. The minimum atomic E-state index is -3.62. The monoisotopic (exact) mass is 305 g/mol. The molecule has 0 spiro atoms. The minimum absolute atomic E-state index is 0.208. The van der Waals surface area contributed by atoms with Gasteiger partial charge in [0.15, 0.2) is 0 Å². The fourth-order valence-electron chi connectivity index (χ4n) is 2.00. The number of aryl methyl sites for hydroxylation is 1. The van der Waals surface area contributed by atoms with Crippen molar-refractivity contribution in [3.63, 3.8) is 0 Å². The first-order chi connectivity index (χ1) is 10.1. The topological polar surface area (TPSA) is 108 Å². The zero-order valence-corrected chi connectivity index (χ0v) is 12.3. The molecule has 8 heteroatoms. The summed E-state index contributed by atoms with van der Waals surface area (Å²) in [6.07, 6.45) is 2.09. The number of nitrogens with zero attached hydrogens (tertiary/aromatic N) is 4. The summed E-state index contributed by atoms with van der Waals surface area (Å²) in [5.41, 5.74) is 9.76. The van der Waals surface area contributed by atoms with E-state index in [1.165, 1.54) is 0 Å². The van der Waals surface area contributed by atoms with Crippen LogP contribution in [0.3, 0.4) is 0 Å². The maximum absolute atomic E-state index is 12.3. The van der Waals surface area contributed by atoms with Crippen LogP contribution in [0, 0.1) is 6.92 Å². The van der Waals surface area contributed by atoms with Gasteiger partial charge in [-0.2, -0.15) is 0 Å². The van der Waals surface area contributed by atoms with E-state index in [4.69, 9.17) is 5.53 Å². The Labute approximate surface area is 122 Å². The fraction of sp³-hybridized carbons (Fsp3) is 0.308. The number of sulfonamides is 1. The van der Waals surface area contributed by atoms with Gasteiger partial charge in [-0.1, -0.05) is 11.2 Å². The van der Waals surface area contributed by atoms with Crippen molar-refractivity contribution in [2.75, 3.05) is 13.1 Å². The second kappa shape index (κ2) is 6.53. The van der Waals surface area contributed by atoms with Crippen molar-refractivity contribution in [3.05, 3.63) is 46.5 Å². The van der Waals surface area contributed by atoms with Gasteiger partial charge in [0.1, 0.15) is 0 Å². The largest absolute Gasteiger partial charge is 0.256 e. The summed E-state index contributed by atoms with van der Waals surface area (Å²) < 4.78 is 27.2. The van der Waals surface area contributed by atoms with Crippen LogP contribution in [0.2, 0.25) is 0 Å². The number of aromatic nitrogens is 1. The van der Waals surface area contributed by atoms with Gasteiger partial charge in [-0.15, -0.1) is 0 Å². The number of fused-ring (bicyclic) bond motifs is 1. The lowest BCUT2D eigenvalue weighted by atomic mass is 10.1. The van der Waals surface area contributed by atoms with Crippen molar-refractivity contribution in [1.82, 2.24) is 9.71 Å². The Kier molecular flexibility index (Phi) is 4.74. The van der Waals surface area contributed by atoms with Crippen molar-refractivity contribution >= 4 is 20.9 Å². The Bertz CT molecular complexity index is 797. The molecule has 0 saturated heterocycles. The average molecular weight is 305 g/mol. The molecule has 0 radical (unpaired) electrons. The Morgan fingerprint density at radius 2 is 2.19 bits per heavy atom. The van der Waals surface area contributed by atoms with Gasteiger partial charge in [-0.3, -0.25) is 4.98 Å². The van der Waals surface area contributed by atoms with Crippen molar-refractivity contribution < 1.29 is 8.42 Å². The van der Waals surface area contributed by atoms with Gasteiger partial charge in [0.2, 0.25) is 10.0 Å². The summed E-state index contributed by atoms with van der Waals surface area (Å²) in [6.45, 7) is 2.37. The van der Waals surface area contributed by atoms with Gasteiger partial charge in [0.25, 0.3) is 0 Å². The maximum Gasteiger partial charge on any atom is 0.241 e. The minimum Gasteiger partial charge on any atom is -0.256 e. The fourth-order valence-corrected chi connectivity index (χ4v) is 3.27. The first-order valence-corrected chi connectivity index (χ1v) is 7.89. The van der Waals surface area contributed by atoms with E-state index in [9.17, 15) is 8.42 Å². The van der Waals surface area contributed by atoms with E-state index in [2.05, 4.69) is 19.7 Å². The lowest BCUT2D eigenvalue weighted by Crippen LogP contribution is -2.25. The highest BCUT2D eigenvalue weighted by Gasteiger charge is 2.17. The van der Waals surface area contributed by atoms with E-state index >= 15 is 0 Å². The highest BCUT2D eigenvalue weighted by molar-refractivity contribution is 7.89. The molecular weight excluding hydrogens is 290 g/mol. The summed E-state index contributed by atoms with van der Waals surface area (Å²) in [7, 11) is -3.62. The summed E-state index contributed by atoms with van der Waals surface area (Å²) in [6, 6.07) is 6.77. The van der Waals surface area contributed by atoms with Gasteiger partial charge < -0.3 is 0 Å². The molecule has 0 aliphatic carbocycles. The molecule has 1 N–H and O–H groups in total. The van der Waals surface area contributed by atoms with Crippen LogP contribution >= 0.6 is 0 Å². The molecule has 110 valence electrons. The molecule has 0 aliphatic heterocycles. The molecule has 1 aromatic carbocycles. The standard InChI is InChI=1S/C13H15N5O2S/c1-10-5-6-12(11-4-2-7-15-13(10)11)21(19,20)17-9-3-8-16-18-14/h2,4-7,17H,3,8-9H2,1H3. The molecule has 0 atom stereocenters. The quantitative estimate of drug-likeness (QED) is 0.383. The highest BCUT2D eigenvalue weighted by Crippen LogP contribution is 2.23. The van der Waals surface area contributed by atoms with E-state index < -0.39 is 10.0 Å². The number of hydrogen-bond acceptors (Lipinski definition) is 4. The Balaban J connectivity index is 2.28. The first-order valence-electron chi connectivity index (χ1n) is 6.41. The Hall–Kier alpha value is -2.15. The molecular formula is C13H15N5O2S. The maximum atomic E-state index is 12.3. The molecule has 21 heavy (non-hydrogen) atoms. The SMILES string of the molecule is Cc1ccc(S(=O)(=O)NCCCN=[N+]=[N-])c2cccnc12. The summed E-state index contributed by atoms with van der Waals surface area (Å²) in [4.78, 5) is 7.05. The number of pyridine rings is 1. The van der Waals surface area contributed by atoms with Crippen molar-refractivity contribution in [2.45, 2.75) is 18.2 Å². The molecule has 2 aromatic rings. The number of rotatable bonds is 6. The van der Waals surface area contributed by atoms with Crippen LogP contribution in [-0.4, -0.2) is 26.5 Å². The van der Waals surface area contributed by atoms with E-state index in [1.54, 1.807) is 30.5 Å². The van der Waals surface area contributed by atoms with Gasteiger partial charge in [0.05, 0.1) is 10.4 Å². The third-order valence-electron chi connectivity index (χ3n) is 3.01. The smallest absolute Gasteiger partial charge is 0.241 e. The molecule has 0 amide bonds. The third kappa shape index (κ3) is 3.49. The van der Waals surface area contributed by atoms with Crippen LogP contribution in [0.15, 0.2) is 40.5 Å². The van der Waals surface area contributed by atoms with Crippen molar-refractivity contribution in [1.29, 1.82) is 0 Å². The predicted octanol–water partition coefficient (Wildman–Crippen LogP) is 2.52. The van der Waals surface area contributed by atoms with Crippen molar-refractivity contribution in [2.24, 2.45) is 5.11 Å². The molecule has 2 rings (SSSR count). The molecule has 7 nitrogen and oxygen atoms in total. The van der Waals surface area contributed by atoms with Gasteiger partial charge in [-0.25, -0.2) is 13.1 Å². The summed E-state index contributed by atoms with van der Waals surface area (Å²) in [5.74, 6) is 0.